The molecular formula is C21H18Cl2F3N3O2. The van der Waals surface area contributed by atoms with Crippen molar-refractivity contribution in [1.29, 1.82) is 0 Å². The molecule has 0 aromatic heterocycles. The van der Waals surface area contributed by atoms with Crippen LogP contribution in [-0.2, 0) is 15.8 Å². The Morgan fingerprint density at radius 2 is 1.52 bits per heavy atom. The van der Waals surface area contributed by atoms with Gasteiger partial charge in [0.15, 0.2) is 0 Å². The van der Waals surface area contributed by atoms with Gasteiger partial charge in [-0.25, -0.2) is 4.90 Å². The summed E-state index contributed by atoms with van der Waals surface area (Å²) in [6, 6.07) is 9.12. The van der Waals surface area contributed by atoms with E-state index in [1.54, 1.807) is 6.07 Å². The van der Waals surface area contributed by atoms with Crippen LogP contribution in [-0.4, -0.2) is 48.9 Å². The third kappa shape index (κ3) is 4.51. The molecule has 164 valence electrons. The van der Waals surface area contributed by atoms with Crippen LogP contribution in [0.25, 0.3) is 0 Å². The van der Waals surface area contributed by atoms with Gasteiger partial charge in [-0.3, -0.25) is 14.5 Å². The van der Waals surface area contributed by atoms with E-state index in [0.717, 1.165) is 17.0 Å². The number of amides is 2. The van der Waals surface area contributed by atoms with Gasteiger partial charge in [-0.05, 0) is 36.4 Å². The van der Waals surface area contributed by atoms with E-state index in [9.17, 15) is 22.8 Å². The van der Waals surface area contributed by atoms with Crippen LogP contribution in [0.1, 0.15) is 12.0 Å². The Labute approximate surface area is 186 Å². The Morgan fingerprint density at radius 3 is 2.13 bits per heavy atom. The number of halogens is 5. The van der Waals surface area contributed by atoms with Crippen LogP contribution >= 0.6 is 23.2 Å². The van der Waals surface area contributed by atoms with Crippen molar-refractivity contribution in [3.05, 3.63) is 58.1 Å². The molecule has 0 aliphatic carbocycles. The maximum atomic E-state index is 13.0. The lowest BCUT2D eigenvalue weighted by molar-refractivity contribution is -0.137. The van der Waals surface area contributed by atoms with Gasteiger partial charge in [0.05, 0.1) is 23.7 Å². The van der Waals surface area contributed by atoms with Gasteiger partial charge in [0.1, 0.15) is 0 Å². The second-order valence-electron chi connectivity index (χ2n) is 7.49. The number of rotatable bonds is 3. The molecule has 0 radical (unpaired) electrons. The number of carbonyl (C=O) groups excluding carboxylic acids is 2. The predicted molar refractivity (Wildman–Crippen MR) is 113 cm³/mol. The number of hydrogen-bond acceptors (Lipinski definition) is 4. The molecule has 2 aliphatic rings. The molecule has 2 heterocycles. The summed E-state index contributed by atoms with van der Waals surface area (Å²) < 4.78 is 39.0. The highest BCUT2D eigenvalue weighted by atomic mass is 35.5. The van der Waals surface area contributed by atoms with Crippen molar-refractivity contribution >= 4 is 46.4 Å². The Hall–Kier alpha value is -2.29. The van der Waals surface area contributed by atoms with Gasteiger partial charge in [0, 0.05) is 41.9 Å². The minimum atomic E-state index is -4.40. The topological polar surface area (TPSA) is 43.9 Å². The molecule has 1 atom stereocenters. The van der Waals surface area contributed by atoms with Crippen LogP contribution in [0.5, 0.6) is 0 Å². The Bertz CT molecular complexity index is 1000. The molecule has 2 aliphatic heterocycles. The summed E-state index contributed by atoms with van der Waals surface area (Å²) in [5, 5.41) is 0.641. The Kier molecular flexibility index (Phi) is 5.89. The zero-order valence-corrected chi connectivity index (χ0v) is 17.7. The molecular weight excluding hydrogens is 454 g/mol. The lowest BCUT2D eigenvalue weighted by Gasteiger charge is -2.38. The van der Waals surface area contributed by atoms with E-state index in [1.807, 2.05) is 9.80 Å². The third-order valence-corrected chi connectivity index (χ3v) is 5.96. The molecule has 0 bridgehead atoms. The average Bonchev–Trinajstić information content (AvgIpc) is 3.01. The Balaban J connectivity index is 1.45. The molecule has 0 spiro atoms. The predicted octanol–water partition coefficient (Wildman–Crippen LogP) is 4.47. The van der Waals surface area contributed by atoms with Gasteiger partial charge in [-0.2, -0.15) is 13.2 Å². The van der Waals surface area contributed by atoms with Gasteiger partial charge in [-0.15, -0.1) is 0 Å². The molecule has 5 nitrogen and oxygen atoms in total. The molecule has 4 rings (SSSR count). The first-order valence-electron chi connectivity index (χ1n) is 9.62. The van der Waals surface area contributed by atoms with E-state index in [1.165, 1.54) is 24.3 Å². The molecule has 0 N–H and O–H groups in total. The van der Waals surface area contributed by atoms with E-state index < -0.39 is 17.8 Å². The summed E-state index contributed by atoms with van der Waals surface area (Å²) in [5.41, 5.74) is 0.121. The minimum Gasteiger partial charge on any atom is -0.369 e. The highest BCUT2D eigenvalue weighted by Gasteiger charge is 2.43. The van der Waals surface area contributed by atoms with Crippen LogP contribution in [0.2, 0.25) is 10.0 Å². The van der Waals surface area contributed by atoms with Gasteiger partial charge >= 0.3 is 6.18 Å². The molecule has 2 aromatic rings. The summed E-state index contributed by atoms with van der Waals surface area (Å²) in [7, 11) is 0. The van der Waals surface area contributed by atoms with Gasteiger partial charge in [0.25, 0.3) is 5.91 Å². The van der Waals surface area contributed by atoms with Crippen LogP contribution in [0, 0.1) is 0 Å². The highest BCUT2D eigenvalue weighted by Crippen LogP contribution is 2.33. The van der Waals surface area contributed by atoms with Crippen LogP contribution in [0.3, 0.4) is 0 Å². The lowest BCUT2D eigenvalue weighted by atomic mass is 10.1. The normalized spacial score (nSPS) is 20.6. The summed E-state index contributed by atoms with van der Waals surface area (Å²) in [6.45, 7) is 1.79. The average molecular weight is 472 g/mol. The number of alkyl halides is 3. The monoisotopic (exact) mass is 471 g/mol. The molecule has 31 heavy (non-hydrogen) atoms. The molecule has 2 amide bonds. The second kappa shape index (κ2) is 8.33. The maximum absolute atomic E-state index is 13.0. The van der Waals surface area contributed by atoms with Crippen molar-refractivity contribution in [1.82, 2.24) is 4.90 Å². The van der Waals surface area contributed by atoms with Crippen LogP contribution in [0.15, 0.2) is 42.5 Å². The minimum absolute atomic E-state index is 0.0343. The highest BCUT2D eigenvalue weighted by molar-refractivity contribution is 6.35. The van der Waals surface area contributed by atoms with E-state index in [0.29, 0.717) is 47.6 Å². The third-order valence-electron chi connectivity index (χ3n) is 5.52. The van der Waals surface area contributed by atoms with Crippen molar-refractivity contribution in [3.8, 4) is 0 Å². The summed E-state index contributed by atoms with van der Waals surface area (Å²) in [4.78, 5) is 30.4. The number of carbonyl (C=O) groups is 2. The first-order valence-corrected chi connectivity index (χ1v) is 10.4. The molecule has 0 unspecified atom stereocenters. The number of imide groups is 1. The fraction of sp³-hybridized carbons (Fsp3) is 0.333. The van der Waals surface area contributed by atoms with E-state index >= 15 is 0 Å². The standard InChI is InChI=1S/C21H18Cl2F3N3O2/c22-14-9-15(23)11-17(10-14)29-19(30)12-18(20(29)31)28-6-4-27(5-7-28)16-3-1-2-13(8-16)21(24,25)26/h1-3,8-11,18H,4-7,12H2/t18-/m1/s1. The van der Waals surface area contributed by atoms with E-state index in [-0.39, 0.29) is 18.2 Å². The van der Waals surface area contributed by atoms with Crippen LogP contribution in [0.4, 0.5) is 24.5 Å². The van der Waals surface area contributed by atoms with E-state index in [2.05, 4.69) is 0 Å². The van der Waals surface area contributed by atoms with E-state index in [4.69, 9.17) is 23.2 Å². The number of nitrogens with zero attached hydrogens (tertiary/aromatic N) is 3. The SMILES string of the molecule is O=C1C[C@@H](N2CCN(c3cccc(C(F)(F)F)c3)CC2)C(=O)N1c1cc(Cl)cc(Cl)c1. The molecule has 0 saturated carbocycles. The number of benzene rings is 2. The smallest absolute Gasteiger partial charge is 0.369 e. The first kappa shape index (κ1) is 21.9. The molecule has 2 saturated heterocycles. The summed E-state index contributed by atoms with van der Waals surface area (Å²) >= 11 is 12.0. The van der Waals surface area contributed by atoms with Gasteiger partial charge in [0.2, 0.25) is 5.91 Å². The van der Waals surface area contributed by atoms with Crippen molar-refractivity contribution in [2.45, 2.75) is 18.6 Å². The number of hydrogen-bond donors (Lipinski definition) is 0. The van der Waals surface area contributed by atoms with Crippen molar-refractivity contribution < 1.29 is 22.8 Å². The largest absolute Gasteiger partial charge is 0.416 e. The maximum Gasteiger partial charge on any atom is 0.416 e. The summed E-state index contributed by atoms with van der Waals surface area (Å²) in [6.07, 6.45) is -4.37. The fourth-order valence-corrected chi connectivity index (χ4v) is 4.53. The van der Waals surface area contributed by atoms with Gasteiger partial charge in [-0.1, -0.05) is 29.3 Å². The zero-order chi connectivity index (χ0) is 22.3. The Morgan fingerprint density at radius 1 is 0.871 bits per heavy atom. The zero-order valence-electron chi connectivity index (χ0n) is 16.2. The molecule has 10 heteroatoms. The van der Waals surface area contributed by atoms with Crippen molar-refractivity contribution in [2.24, 2.45) is 0 Å². The van der Waals surface area contributed by atoms with Crippen molar-refractivity contribution in [3.63, 3.8) is 0 Å². The first-order chi connectivity index (χ1) is 14.6. The molecule has 2 fully saturated rings. The molecule has 2 aromatic carbocycles. The quantitative estimate of drug-likeness (QED) is 0.619. The van der Waals surface area contributed by atoms with Crippen molar-refractivity contribution in [2.75, 3.05) is 36.0 Å². The number of piperazine rings is 1. The van der Waals surface area contributed by atoms with Gasteiger partial charge < -0.3 is 4.90 Å². The summed E-state index contributed by atoms with van der Waals surface area (Å²) in [5.74, 6) is -0.690. The van der Waals surface area contributed by atoms with Crippen LogP contribution < -0.4 is 9.80 Å². The fourth-order valence-electron chi connectivity index (χ4n) is 4.01. The lowest BCUT2D eigenvalue weighted by Crippen LogP contribution is -2.52. The second-order valence-corrected chi connectivity index (χ2v) is 8.36. The number of anilines is 2.